The maximum absolute atomic E-state index is 13.2. The Bertz CT molecular complexity index is 486. The van der Waals surface area contributed by atoms with Crippen LogP contribution in [0.5, 0.6) is 5.75 Å². The van der Waals surface area contributed by atoms with E-state index in [9.17, 15) is 4.39 Å². The maximum Gasteiger partial charge on any atom is 0.124 e. The third-order valence-corrected chi connectivity index (χ3v) is 4.98. The van der Waals surface area contributed by atoms with Gasteiger partial charge in [0.15, 0.2) is 0 Å². The van der Waals surface area contributed by atoms with Crippen molar-refractivity contribution in [2.75, 3.05) is 6.61 Å². The first-order valence-corrected chi connectivity index (χ1v) is 8.39. The number of ether oxygens (including phenoxy) is 2. The summed E-state index contributed by atoms with van der Waals surface area (Å²) in [4.78, 5) is 0. The lowest BCUT2D eigenvalue weighted by molar-refractivity contribution is -0.0749. The van der Waals surface area contributed by atoms with Crippen LogP contribution in [0.3, 0.4) is 0 Å². The number of rotatable bonds is 4. The predicted molar refractivity (Wildman–Crippen MR) is 81.4 cm³/mol. The van der Waals surface area contributed by atoms with Gasteiger partial charge >= 0.3 is 0 Å². The molecule has 1 aliphatic heterocycles. The number of alkyl halides is 1. The Balaban J connectivity index is 1.56. The van der Waals surface area contributed by atoms with E-state index in [1.54, 1.807) is 6.07 Å². The van der Waals surface area contributed by atoms with Crippen LogP contribution in [-0.2, 0) is 10.6 Å². The van der Waals surface area contributed by atoms with Crippen molar-refractivity contribution in [2.24, 2.45) is 0 Å². The van der Waals surface area contributed by atoms with E-state index in [1.807, 2.05) is 0 Å². The van der Waals surface area contributed by atoms with E-state index >= 15 is 0 Å². The average Bonchev–Trinajstić information content (AvgIpc) is 2.89. The molecule has 1 aliphatic carbocycles. The molecule has 0 N–H and O–H groups in total. The van der Waals surface area contributed by atoms with E-state index in [1.165, 1.54) is 44.2 Å². The molecule has 0 bridgehead atoms. The Morgan fingerprint density at radius 1 is 1.24 bits per heavy atom. The Hall–Kier alpha value is -0.800. The summed E-state index contributed by atoms with van der Waals surface area (Å²) < 4.78 is 25.3. The van der Waals surface area contributed by atoms with Gasteiger partial charge < -0.3 is 9.47 Å². The highest BCUT2D eigenvalue weighted by Gasteiger charge is 2.40. The molecule has 2 nitrogen and oxygen atoms in total. The number of hydrogen-bond donors (Lipinski definition) is 0. The minimum atomic E-state index is -0.281. The molecule has 1 heterocycles. The van der Waals surface area contributed by atoms with Crippen molar-refractivity contribution >= 4 is 11.6 Å². The summed E-state index contributed by atoms with van der Waals surface area (Å²) in [5, 5.41) is 0. The zero-order valence-electron chi connectivity index (χ0n) is 12.2. The quantitative estimate of drug-likeness (QED) is 0.742. The lowest BCUT2D eigenvalue weighted by Crippen LogP contribution is -2.32. The molecule has 0 amide bonds. The highest BCUT2D eigenvalue weighted by molar-refractivity contribution is 6.17. The van der Waals surface area contributed by atoms with Crippen LogP contribution in [0.2, 0.25) is 0 Å². The van der Waals surface area contributed by atoms with E-state index in [2.05, 4.69) is 0 Å². The summed E-state index contributed by atoms with van der Waals surface area (Å²) >= 11 is 5.84. The smallest absolute Gasteiger partial charge is 0.124 e. The number of hydrogen-bond acceptors (Lipinski definition) is 2. The molecule has 2 aliphatic rings. The minimum Gasteiger partial charge on any atom is -0.491 e. The van der Waals surface area contributed by atoms with E-state index < -0.39 is 0 Å². The molecule has 116 valence electrons. The van der Waals surface area contributed by atoms with Gasteiger partial charge in [-0.05, 0) is 43.9 Å². The van der Waals surface area contributed by atoms with Crippen LogP contribution in [0.25, 0.3) is 0 Å². The molecule has 1 aromatic carbocycles. The van der Waals surface area contributed by atoms with E-state index in [4.69, 9.17) is 21.1 Å². The monoisotopic (exact) mass is 312 g/mol. The van der Waals surface area contributed by atoms with Gasteiger partial charge in [0.05, 0.1) is 17.6 Å². The van der Waals surface area contributed by atoms with Gasteiger partial charge in [-0.15, -0.1) is 11.6 Å². The Morgan fingerprint density at radius 3 is 2.81 bits per heavy atom. The first-order valence-electron chi connectivity index (χ1n) is 7.86. The fourth-order valence-corrected chi connectivity index (χ4v) is 3.76. The summed E-state index contributed by atoms with van der Waals surface area (Å²) in [6.07, 6.45) is 8.62. The highest BCUT2D eigenvalue weighted by atomic mass is 35.5. The van der Waals surface area contributed by atoms with Crippen LogP contribution in [0.15, 0.2) is 18.2 Å². The summed E-state index contributed by atoms with van der Waals surface area (Å²) in [7, 11) is 0. The van der Waals surface area contributed by atoms with Crippen LogP contribution in [0, 0.1) is 5.82 Å². The third-order valence-electron chi connectivity index (χ3n) is 4.69. The molecule has 1 atom stereocenters. The molecule has 21 heavy (non-hydrogen) atoms. The SMILES string of the molecule is Fc1ccc(OCC2CCC3(CCCCC3)O2)c(CCl)c1. The molecular formula is C17H22ClFO2. The van der Waals surface area contributed by atoms with Gasteiger partial charge in [-0.25, -0.2) is 4.39 Å². The second-order valence-corrected chi connectivity index (χ2v) is 6.49. The van der Waals surface area contributed by atoms with Gasteiger partial charge in [0.2, 0.25) is 0 Å². The van der Waals surface area contributed by atoms with Gasteiger partial charge in [0.1, 0.15) is 18.2 Å². The second-order valence-electron chi connectivity index (χ2n) is 6.22. The van der Waals surface area contributed by atoms with Crippen LogP contribution in [-0.4, -0.2) is 18.3 Å². The zero-order valence-corrected chi connectivity index (χ0v) is 13.0. The Morgan fingerprint density at radius 2 is 2.05 bits per heavy atom. The van der Waals surface area contributed by atoms with Crippen LogP contribution in [0.4, 0.5) is 4.39 Å². The van der Waals surface area contributed by atoms with Crippen LogP contribution < -0.4 is 4.74 Å². The molecule has 0 radical (unpaired) electrons. The van der Waals surface area contributed by atoms with Gasteiger partial charge in [0.25, 0.3) is 0 Å². The van der Waals surface area contributed by atoms with Gasteiger partial charge in [-0.3, -0.25) is 0 Å². The normalized spacial score (nSPS) is 24.4. The Labute approximate surface area is 130 Å². The fourth-order valence-electron chi connectivity index (χ4n) is 3.55. The maximum atomic E-state index is 13.2. The molecule has 3 rings (SSSR count). The van der Waals surface area contributed by atoms with Crippen molar-refractivity contribution in [1.82, 2.24) is 0 Å². The molecule has 0 aromatic heterocycles. The molecule has 1 saturated heterocycles. The summed E-state index contributed by atoms with van der Waals surface area (Å²) in [5.41, 5.74) is 0.812. The summed E-state index contributed by atoms with van der Waals surface area (Å²) in [5.74, 6) is 0.638. The molecule has 1 saturated carbocycles. The van der Waals surface area contributed by atoms with Crippen molar-refractivity contribution in [3.8, 4) is 5.75 Å². The van der Waals surface area contributed by atoms with Crippen molar-refractivity contribution in [3.63, 3.8) is 0 Å². The van der Waals surface area contributed by atoms with Crippen molar-refractivity contribution < 1.29 is 13.9 Å². The molecule has 1 aromatic rings. The average molecular weight is 313 g/mol. The standard InChI is InChI=1S/C17H22ClFO2/c18-11-13-10-14(19)4-5-16(13)20-12-15-6-9-17(21-15)7-2-1-3-8-17/h4-5,10,15H,1-3,6-9,11-12H2. The van der Waals surface area contributed by atoms with Crippen molar-refractivity contribution in [3.05, 3.63) is 29.6 Å². The van der Waals surface area contributed by atoms with Crippen molar-refractivity contribution in [2.45, 2.75) is 62.5 Å². The van der Waals surface area contributed by atoms with Gasteiger partial charge in [-0.2, -0.15) is 0 Å². The highest BCUT2D eigenvalue weighted by Crippen LogP contribution is 2.42. The second kappa shape index (κ2) is 6.53. The molecule has 2 fully saturated rings. The molecule has 1 unspecified atom stereocenters. The first kappa shape index (κ1) is 15.1. The van der Waals surface area contributed by atoms with E-state index in [-0.39, 0.29) is 23.4 Å². The van der Waals surface area contributed by atoms with E-state index in [0.717, 1.165) is 12.8 Å². The zero-order chi connectivity index (χ0) is 14.7. The van der Waals surface area contributed by atoms with Gasteiger partial charge in [0, 0.05) is 5.56 Å². The molecule has 4 heteroatoms. The molecular weight excluding hydrogens is 291 g/mol. The summed E-state index contributed by atoms with van der Waals surface area (Å²) in [6, 6.07) is 4.49. The lowest BCUT2D eigenvalue weighted by atomic mass is 9.83. The van der Waals surface area contributed by atoms with Crippen LogP contribution in [0.1, 0.15) is 50.5 Å². The number of halogens is 2. The van der Waals surface area contributed by atoms with Gasteiger partial charge in [-0.1, -0.05) is 19.3 Å². The van der Waals surface area contributed by atoms with Crippen molar-refractivity contribution in [1.29, 1.82) is 0 Å². The van der Waals surface area contributed by atoms with E-state index in [0.29, 0.717) is 17.9 Å². The summed E-state index contributed by atoms with van der Waals surface area (Å²) in [6.45, 7) is 0.525. The third kappa shape index (κ3) is 3.51. The lowest BCUT2D eigenvalue weighted by Gasteiger charge is -2.33. The molecule has 1 spiro atoms. The number of benzene rings is 1. The predicted octanol–water partition coefficient (Wildman–Crippen LogP) is 4.83. The largest absolute Gasteiger partial charge is 0.491 e. The topological polar surface area (TPSA) is 18.5 Å². The Kier molecular flexibility index (Phi) is 4.70. The first-order chi connectivity index (χ1) is 10.2. The minimum absolute atomic E-state index is 0.115. The van der Waals surface area contributed by atoms with Crippen LogP contribution >= 0.6 is 11.6 Å². The fraction of sp³-hybridized carbons (Fsp3) is 0.647.